The zero-order valence-electron chi connectivity index (χ0n) is 15.3. The Labute approximate surface area is 155 Å². The largest absolute Gasteiger partial charge is 0.277 e. The predicted octanol–water partition coefficient (Wildman–Crippen LogP) is 5.64. The molecule has 3 aromatic rings. The van der Waals surface area contributed by atoms with Crippen molar-refractivity contribution < 1.29 is 0 Å². The number of aliphatic imine (C=N–C) groups is 1. The first-order chi connectivity index (χ1) is 12.7. The van der Waals surface area contributed by atoms with Crippen molar-refractivity contribution in [3.63, 3.8) is 0 Å². The number of rotatable bonds is 1. The van der Waals surface area contributed by atoms with Gasteiger partial charge in [0.2, 0.25) is 0 Å². The third-order valence-corrected chi connectivity index (χ3v) is 6.04. The van der Waals surface area contributed by atoms with Crippen LogP contribution in [0.15, 0.2) is 59.7 Å². The van der Waals surface area contributed by atoms with Crippen LogP contribution >= 0.6 is 0 Å². The SMILES string of the molecule is Cc1ccc2c(c1)C(c1cnc3ccccc3c1)=NC1(CCCCC1)C2. The first-order valence-electron chi connectivity index (χ1n) is 9.77. The van der Waals surface area contributed by atoms with E-state index in [0.717, 1.165) is 23.2 Å². The van der Waals surface area contributed by atoms with Gasteiger partial charge < -0.3 is 0 Å². The van der Waals surface area contributed by atoms with Crippen molar-refractivity contribution in [2.24, 2.45) is 4.99 Å². The van der Waals surface area contributed by atoms with E-state index in [4.69, 9.17) is 9.98 Å². The summed E-state index contributed by atoms with van der Waals surface area (Å²) in [6, 6.07) is 17.5. The van der Waals surface area contributed by atoms with Gasteiger partial charge in [0.05, 0.1) is 16.8 Å². The molecule has 0 N–H and O–H groups in total. The molecule has 0 bridgehead atoms. The molecule has 1 fully saturated rings. The number of fused-ring (bicyclic) bond motifs is 2. The van der Waals surface area contributed by atoms with E-state index in [0.29, 0.717) is 0 Å². The average molecular weight is 340 g/mol. The molecule has 2 heterocycles. The van der Waals surface area contributed by atoms with Gasteiger partial charge in [-0.25, -0.2) is 0 Å². The highest BCUT2D eigenvalue weighted by Crippen LogP contribution is 2.40. The third kappa shape index (κ3) is 2.65. The van der Waals surface area contributed by atoms with Crippen LogP contribution in [0.4, 0.5) is 0 Å². The lowest BCUT2D eigenvalue weighted by atomic mass is 9.74. The summed E-state index contributed by atoms with van der Waals surface area (Å²) in [6.45, 7) is 2.17. The normalized spacial score (nSPS) is 18.6. The Balaban J connectivity index is 1.70. The van der Waals surface area contributed by atoms with E-state index in [2.05, 4.69) is 49.4 Å². The van der Waals surface area contributed by atoms with Crippen molar-refractivity contribution in [1.29, 1.82) is 0 Å². The summed E-state index contributed by atoms with van der Waals surface area (Å²) in [6.07, 6.45) is 9.48. The summed E-state index contributed by atoms with van der Waals surface area (Å²) in [4.78, 5) is 10.1. The number of pyridine rings is 1. The van der Waals surface area contributed by atoms with Crippen LogP contribution in [0, 0.1) is 6.92 Å². The van der Waals surface area contributed by atoms with Gasteiger partial charge in [0, 0.05) is 22.7 Å². The monoisotopic (exact) mass is 340 g/mol. The minimum absolute atomic E-state index is 0.0987. The van der Waals surface area contributed by atoms with Crippen LogP contribution in [-0.4, -0.2) is 16.2 Å². The molecule has 130 valence electrons. The number of hydrogen-bond acceptors (Lipinski definition) is 2. The van der Waals surface area contributed by atoms with Gasteiger partial charge in [-0.1, -0.05) is 55.2 Å². The molecular weight excluding hydrogens is 316 g/mol. The second-order valence-corrected chi connectivity index (χ2v) is 8.00. The standard InChI is InChI=1S/C24H24N2/c1-17-9-10-19-15-24(11-5-2-6-12-24)26-23(21(19)13-17)20-14-18-7-3-4-8-22(18)25-16-20/h3-4,7-10,13-14,16H,2,5-6,11-12,15H2,1H3. The molecular formula is C24H24N2. The maximum atomic E-state index is 5.41. The third-order valence-electron chi connectivity index (χ3n) is 6.04. The lowest BCUT2D eigenvalue weighted by Crippen LogP contribution is -2.37. The molecule has 1 saturated carbocycles. The Morgan fingerprint density at radius 3 is 2.65 bits per heavy atom. The molecule has 0 unspecified atom stereocenters. The van der Waals surface area contributed by atoms with E-state index in [1.807, 2.05) is 12.3 Å². The number of aryl methyl sites for hydroxylation is 1. The summed E-state index contributed by atoms with van der Waals surface area (Å²) < 4.78 is 0. The van der Waals surface area contributed by atoms with Crippen LogP contribution in [0.2, 0.25) is 0 Å². The number of hydrogen-bond donors (Lipinski definition) is 0. The van der Waals surface area contributed by atoms with Crippen LogP contribution < -0.4 is 0 Å². The summed E-state index contributed by atoms with van der Waals surface area (Å²) in [5.74, 6) is 0. The molecule has 1 aromatic heterocycles. The maximum Gasteiger partial charge on any atom is 0.0744 e. The van der Waals surface area contributed by atoms with E-state index in [1.165, 1.54) is 54.2 Å². The topological polar surface area (TPSA) is 25.2 Å². The molecule has 26 heavy (non-hydrogen) atoms. The van der Waals surface area contributed by atoms with Crippen molar-refractivity contribution in [3.8, 4) is 0 Å². The maximum absolute atomic E-state index is 5.41. The molecule has 1 aliphatic heterocycles. The minimum atomic E-state index is 0.0987. The van der Waals surface area contributed by atoms with E-state index < -0.39 is 0 Å². The highest BCUT2D eigenvalue weighted by molar-refractivity contribution is 6.15. The second-order valence-electron chi connectivity index (χ2n) is 8.00. The van der Waals surface area contributed by atoms with Gasteiger partial charge in [-0.05, 0) is 49.9 Å². The smallest absolute Gasteiger partial charge is 0.0744 e. The number of nitrogens with zero attached hydrogens (tertiary/aromatic N) is 2. The molecule has 2 nitrogen and oxygen atoms in total. The fraction of sp³-hybridized carbons (Fsp3) is 0.333. The van der Waals surface area contributed by atoms with Crippen molar-refractivity contribution >= 4 is 16.6 Å². The number of para-hydroxylation sites is 1. The zero-order chi connectivity index (χ0) is 17.6. The number of aromatic nitrogens is 1. The van der Waals surface area contributed by atoms with Gasteiger partial charge in [-0.15, -0.1) is 0 Å². The Morgan fingerprint density at radius 1 is 0.923 bits per heavy atom. The van der Waals surface area contributed by atoms with Gasteiger partial charge in [0.1, 0.15) is 0 Å². The lowest BCUT2D eigenvalue weighted by Gasteiger charge is -2.38. The van der Waals surface area contributed by atoms with E-state index >= 15 is 0 Å². The Kier molecular flexibility index (Phi) is 3.66. The quantitative estimate of drug-likeness (QED) is 0.563. The van der Waals surface area contributed by atoms with Crippen molar-refractivity contribution in [2.45, 2.75) is 51.0 Å². The Hall–Kier alpha value is -2.48. The Bertz CT molecular complexity index is 1010. The molecule has 0 saturated heterocycles. The molecule has 1 aliphatic carbocycles. The molecule has 0 amide bonds. The second kappa shape index (κ2) is 6.05. The van der Waals surface area contributed by atoms with Gasteiger partial charge in [0.15, 0.2) is 0 Å². The van der Waals surface area contributed by atoms with Gasteiger partial charge in [-0.2, -0.15) is 0 Å². The highest BCUT2D eigenvalue weighted by atomic mass is 14.9. The first-order valence-corrected chi connectivity index (χ1v) is 9.77. The lowest BCUT2D eigenvalue weighted by molar-refractivity contribution is 0.294. The number of benzene rings is 2. The van der Waals surface area contributed by atoms with Crippen LogP contribution in [0.1, 0.15) is 54.4 Å². The van der Waals surface area contributed by atoms with Crippen molar-refractivity contribution in [3.05, 3.63) is 77.0 Å². The fourth-order valence-corrected chi connectivity index (χ4v) is 4.68. The molecule has 0 radical (unpaired) electrons. The average Bonchev–Trinajstić information content (AvgIpc) is 2.68. The van der Waals surface area contributed by atoms with E-state index in [9.17, 15) is 0 Å². The summed E-state index contributed by atoms with van der Waals surface area (Å²) in [5, 5.41) is 1.19. The predicted molar refractivity (Wildman–Crippen MR) is 108 cm³/mol. The molecule has 5 rings (SSSR count). The van der Waals surface area contributed by atoms with E-state index in [1.54, 1.807) is 0 Å². The summed E-state index contributed by atoms with van der Waals surface area (Å²) >= 11 is 0. The minimum Gasteiger partial charge on any atom is -0.277 e. The zero-order valence-corrected chi connectivity index (χ0v) is 15.3. The molecule has 2 aromatic carbocycles. The first kappa shape index (κ1) is 15.7. The highest BCUT2D eigenvalue weighted by Gasteiger charge is 2.36. The van der Waals surface area contributed by atoms with Crippen molar-refractivity contribution in [1.82, 2.24) is 4.98 Å². The molecule has 1 spiro atoms. The van der Waals surface area contributed by atoms with Crippen LogP contribution in [-0.2, 0) is 6.42 Å². The summed E-state index contributed by atoms with van der Waals surface area (Å²) in [7, 11) is 0. The summed E-state index contributed by atoms with van der Waals surface area (Å²) in [5.41, 5.74) is 7.50. The van der Waals surface area contributed by atoms with Gasteiger partial charge >= 0.3 is 0 Å². The van der Waals surface area contributed by atoms with Gasteiger partial charge in [0.25, 0.3) is 0 Å². The van der Waals surface area contributed by atoms with Crippen LogP contribution in [0.3, 0.4) is 0 Å². The molecule has 0 atom stereocenters. The van der Waals surface area contributed by atoms with E-state index in [-0.39, 0.29) is 5.54 Å². The van der Waals surface area contributed by atoms with Crippen LogP contribution in [0.5, 0.6) is 0 Å². The van der Waals surface area contributed by atoms with Gasteiger partial charge in [-0.3, -0.25) is 9.98 Å². The van der Waals surface area contributed by atoms with Crippen LogP contribution in [0.25, 0.3) is 10.9 Å². The molecule has 2 aliphatic rings. The fourth-order valence-electron chi connectivity index (χ4n) is 4.68. The molecule has 2 heteroatoms. The Morgan fingerprint density at radius 2 is 1.77 bits per heavy atom. The van der Waals surface area contributed by atoms with Crippen molar-refractivity contribution in [2.75, 3.05) is 0 Å².